The van der Waals surface area contributed by atoms with Crippen LogP contribution in [0.5, 0.6) is 0 Å². The summed E-state index contributed by atoms with van der Waals surface area (Å²) in [6.07, 6.45) is 1.75. The fourth-order valence-corrected chi connectivity index (χ4v) is 3.13. The Balaban J connectivity index is 1.76. The Kier molecular flexibility index (Phi) is 4.96. The Morgan fingerprint density at radius 3 is 2.43 bits per heavy atom. The van der Waals surface area contributed by atoms with Gasteiger partial charge in [0, 0.05) is 22.5 Å². The van der Waals surface area contributed by atoms with Gasteiger partial charge in [-0.2, -0.15) is 5.10 Å². The van der Waals surface area contributed by atoms with Crippen molar-refractivity contribution in [2.24, 2.45) is 0 Å². The van der Waals surface area contributed by atoms with E-state index in [9.17, 15) is 4.79 Å². The Morgan fingerprint density at radius 2 is 1.71 bits per heavy atom. The van der Waals surface area contributed by atoms with Gasteiger partial charge < -0.3 is 5.32 Å². The molecular weight excluding hydrogens is 370 g/mol. The zero-order valence-corrected chi connectivity index (χ0v) is 16.0. The van der Waals surface area contributed by atoms with E-state index in [2.05, 4.69) is 10.4 Å². The van der Waals surface area contributed by atoms with Crippen molar-refractivity contribution in [1.82, 2.24) is 9.78 Å². The zero-order chi connectivity index (χ0) is 19.5. The van der Waals surface area contributed by atoms with Gasteiger partial charge in [-0.25, -0.2) is 4.68 Å². The van der Waals surface area contributed by atoms with E-state index in [4.69, 9.17) is 11.6 Å². The second-order valence-electron chi connectivity index (χ2n) is 6.50. The van der Waals surface area contributed by atoms with Crippen LogP contribution in [-0.2, 0) is 0 Å². The number of aryl methyl sites for hydroxylation is 1. The van der Waals surface area contributed by atoms with Crippen molar-refractivity contribution < 1.29 is 4.79 Å². The van der Waals surface area contributed by atoms with Crippen molar-refractivity contribution in [2.75, 3.05) is 5.32 Å². The van der Waals surface area contributed by atoms with Crippen molar-refractivity contribution >= 4 is 23.2 Å². The normalized spacial score (nSPS) is 10.6. The molecule has 4 nitrogen and oxygen atoms in total. The highest BCUT2D eigenvalue weighted by Gasteiger charge is 2.19. The monoisotopic (exact) mass is 387 g/mol. The van der Waals surface area contributed by atoms with Gasteiger partial charge in [0.25, 0.3) is 5.91 Å². The van der Waals surface area contributed by atoms with Crippen LogP contribution in [0.1, 0.15) is 15.9 Å². The van der Waals surface area contributed by atoms with E-state index < -0.39 is 0 Å². The molecule has 0 spiro atoms. The Bertz CT molecular complexity index is 1120. The Labute approximate surface area is 168 Å². The molecule has 5 heteroatoms. The standard InChI is InChI=1S/C23H18ClN3O/c1-16-10-12-19(13-11-16)25-23(28)21-15-27(20-8-3-2-4-9-20)26-22(21)17-6-5-7-18(24)14-17/h2-15H,1H3,(H,25,28). The highest BCUT2D eigenvalue weighted by molar-refractivity contribution is 6.30. The molecule has 138 valence electrons. The number of halogens is 1. The molecule has 0 aliphatic rings. The molecule has 0 unspecified atom stereocenters. The maximum absolute atomic E-state index is 13.0. The summed E-state index contributed by atoms with van der Waals surface area (Å²) in [5, 5.41) is 8.21. The van der Waals surface area contributed by atoms with Crippen LogP contribution in [0.2, 0.25) is 5.02 Å². The summed E-state index contributed by atoms with van der Waals surface area (Å²) >= 11 is 6.16. The highest BCUT2D eigenvalue weighted by atomic mass is 35.5. The van der Waals surface area contributed by atoms with E-state index in [1.807, 2.05) is 79.7 Å². The van der Waals surface area contributed by atoms with Crippen LogP contribution in [-0.4, -0.2) is 15.7 Å². The molecule has 1 aromatic heterocycles. The van der Waals surface area contributed by atoms with Gasteiger partial charge in [-0.05, 0) is 43.3 Å². The van der Waals surface area contributed by atoms with E-state index in [1.165, 1.54) is 0 Å². The molecule has 1 amide bonds. The van der Waals surface area contributed by atoms with Crippen molar-refractivity contribution in [2.45, 2.75) is 6.92 Å². The van der Waals surface area contributed by atoms with Crippen molar-refractivity contribution in [1.29, 1.82) is 0 Å². The van der Waals surface area contributed by atoms with Crippen molar-refractivity contribution in [3.8, 4) is 16.9 Å². The highest BCUT2D eigenvalue weighted by Crippen LogP contribution is 2.27. The first-order chi connectivity index (χ1) is 13.6. The van der Waals surface area contributed by atoms with Crippen LogP contribution >= 0.6 is 11.6 Å². The number of aromatic nitrogens is 2. The number of anilines is 1. The van der Waals surface area contributed by atoms with E-state index >= 15 is 0 Å². The molecule has 0 fully saturated rings. The molecule has 0 atom stereocenters. The first kappa shape index (κ1) is 18.0. The third-order valence-electron chi connectivity index (χ3n) is 4.39. The quantitative estimate of drug-likeness (QED) is 0.484. The molecule has 28 heavy (non-hydrogen) atoms. The minimum absolute atomic E-state index is 0.221. The number of nitrogens with zero attached hydrogens (tertiary/aromatic N) is 2. The second-order valence-corrected chi connectivity index (χ2v) is 6.94. The summed E-state index contributed by atoms with van der Waals surface area (Å²) in [6.45, 7) is 2.01. The average Bonchev–Trinajstić information content (AvgIpc) is 3.16. The first-order valence-corrected chi connectivity index (χ1v) is 9.27. The third-order valence-corrected chi connectivity index (χ3v) is 4.62. The number of hydrogen-bond donors (Lipinski definition) is 1. The zero-order valence-electron chi connectivity index (χ0n) is 15.3. The molecule has 0 saturated heterocycles. The maximum atomic E-state index is 13.0. The predicted octanol–water partition coefficient (Wildman–Crippen LogP) is 5.75. The van der Waals surface area contributed by atoms with E-state index in [0.717, 1.165) is 22.5 Å². The summed E-state index contributed by atoms with van der Waals surface area (Å²) < 4.78 is 1.71. The molecule has 4 rings (SSSR count). The van der Waals surface area contributed by atoms with Gasteiger partial charge in [0.15, 0.2) is 0 Å². The molecule has 1 heterocycles. The first-order valence-electron chi connectivity index (χ1n) is 8.89. The van der Waals surface area contributed by atoms with Crippen LogP contribution in [0.15, 0.2) is 85.1 Å². The van der Waals surface area contributed by atoms with Gasteiger partial charge >= 0.3 is 0 Å². The molecule has 0 aliphatic heterocycles. The molecule has 1 N–H and O–H groups in total. The number of para-hydroxylation sites is 1. The topological polar surface area (TPSA) is 46.9 Å². The lowest BCUT2D eigenvalue weighted by atomic mass is 10.1. The SMILES string of the molecule is Cc1ccc(NC(=O)c2cn(-c3ccccc3)nc2-c2cccc(Cl)c2)cc1. The molecule has 0 bridgehead atoms. The fourth-order valence-electron chi connectivity index (χ4n) is 2.94. The predicted molar refractivity (Wildman–Crippen MR) is 113 cm³/mol. The van der Waals surface area contributed by atoms with E-state index in [0.29, 0.717) is 16.3 Å². The van der Waals surface area contributed by atoms with E-state index in [1.54, 1.807) is 16.9 Å². The van der Waals surface area contributed by atoms with Crippen LogP contribution in [0.4, 0.5) is 5.69 Å². The van der Waals surface area contributed by atoms with Gasteiger partial charge in [-0.3, -0.25) is 4.79 Å². The maximum Gasteiger partial charge on any atom is 0.259 e. The average molecular weight is 388 g/mol. The number of carbonyl (C=O) groups is 1. The van der Waals surface area contributed by atoms with Crippen molar-refractivity contribution in [3.63, 3.8) is 0 Å². The summed E-state index contributed by atoms with van der Waals surface area (Å²) in [5.41, 5.74) is 4.59. The smallest absolute Gasteiger partial charge is 0.259 e. The summed E-state index contributed by atoms with van der Waals surface area (Å²) in [6, 6.07) is 24.7. The van der Waals surface area contributed by atoms with Gasteiger partial charge in [0.2, 0.25) is 0 Å². The van der Waals surface area contributed by atoms with Crippen molar-refractivity contribution in [3.05, 3.63) is 101 Å². The van der Waals surface area contributed by atoms with Crippen LogP contribution in [0.25, 0.3) is 16.9 Å². The van der Waals surface area contributed by atoms with Gasteiger partial charge in [0.1, 0.15) is 5.69 Å². The summed E-state index contributed by atoms with van der Waals surface area (Å²) in [5.74, 6) is -0.221. The molecule has 0 saturated carbocycles. The van der Waals surface area contributed by atoms with Gasteiger partial charge in [-0.15, -0.1) is 0 Å². The molecule has 3 aromatic carbocycles. The lowest BCUT2D eigenvalue weighted by molar-refractivity contribution is 0.102. The Hall–Kier alpha value is -3.37. The number of hydrogen-bond acceptors (Lipinski definition) is 2. The van der Waals surface area contributed by atoms with Crippen LogP contribution in [0.3, 0.4) is 0 Å². The fraction of sp³-hybridized carbons (Fsp3) is 0.0435. The number of nitrogens with one attached hydrogen (secondary N) is 1. The minimum Gasteiger partial charge on any atom is -0.322 e. The number of carbonyl (C=O) groups excluding carboxylic acids is 1. The molecular formula is C23H18ClN3O. The van der Waals surface area contributed by atoms with Crippen LogP contribution < -0.4 is 5.32 Å². The largest absolute Gasteiger partial charge is 0.322 e. The molecule has 4 aromatic rings. The Morgan fingerprint density at radius 1 is 0.964 bits per heavy atom. The lowest BCUT2D eigenvalue weighted by Gasteiger charge is -2.06. The summed E-state index contributed by atoms with van der Waals surface area (Å²) in [7, 11) is 0. The van der Waals surface area contributed by atoms with Gasteiger partial charge in [-0.1, -0.05) is 59.6 Å². The molecule has 0 radical (unpaired) electrons. The van der Waals surface area contributed by atoms with Crippen LogP contribution in [0, 0.1) is 6.92 Å². The minimum atomic E-state index is -0.221. The number of amides is 1. The molecule has 0 aliphatic carbocycles. The van der Waals surface area contributed by atoms with Gasteiger partial charge in [0.05, 0.1) is 11.3 Å². The van der Waals surface area contributed by atoms with E-state index in [-0.39, 0.29) is 5.91 Å². The number of benzene rings is 3. The lowest BCUT2D eigenvalue weighted by Crippen LogP contribution is -2.12. The number of rotatable bonds is 4. The second kappa shape index (κ2) is 7.71. The third kappa shape index (κ3) is 3.82. The summed E-state index contributed by atoms with van der Waals surface area (Å²) in [4.78, 5) is 13.0.